The minimum Gasteiger partial charge on any atom is -0.309 e. The van der Waals surface area contributed by atoms with Crippen LogP contribution in [0.3, 0.4) is 0 Å². The lowest BCUT2D eigenvalue weighted by molar-refractivity contribution is 1.18. The number of para-hydroxylation sites is 4. The second-order valence-corrected chi connectivity index (χ2v) is 16.5. The summed E-state index contributed by atoms with van der Waals surface area (Å²) in [5.41, 5.74) is 18.3. The maximum Gasteiger partial charge on any atom is 0.0547 e. The van der Waals surface area contributed by atoms with Gasteiger partial charge in [0, 0.05) is 49.4 Å². The van der Waals surface area contributed by atoms with E-state index in [-0.39, 0.29) is 0 Å². The number of rotatable bonds is 4. The van der Waals surface area contributed by atoms with Crippen molar-refractivity contribution < 1.29 is 0 Å². The number of fused-ring (bicyclic) bond motifs is 9. The molecule has 3 heteroatoms. The van der Waals surface area contributed by atoms with E-state index in [0.29, 0.717) is 0 Å². The predicted molar refractivity (Wildman–Crippen MR) is 257 cm³/mol. The molecule has 3 aromatic heterocycles. The summed E-state index contributed by atoms with van der Waals surface area (Å²) in [7, 11) is 0. The maximum absolute atomic E-state index is 2.48. The summed E-state index contributed by atoms with van der Waals surface area (Å²) in [6, 6.07) is 78.4. The Morgan fingerprint density at radius 3 is 1.33 bits per heavy atom. The van der Waals surface area contributed by atoms with Gasteiger partial charge in [-0.05, 0) is 123 Å². The van der Waals surface area contributed by atoms with Crippen LogP contribution in [0.2, 0.25) is 0 Å². The molecule has 1 aliphatic carbocycles. The standard InChI is InChI=1S/C58H35N3/c1-2-13-39(14-3-1)60-52-22-9-6-17-44(52)49-34-47-45-18-10-12-38-28-33-54-58(56(38)45)57-46(48(47)35-55(49)60)19-11-23-53(57)61(54)41-31-26-37(27-32-41)36-24-29-40(30-25-36)59-50-20-7-4-15-42(50)43-16-5-8-21-51(43)59/h1-35H. The molecule has 0 saturated carbocycles. The molecule has 13 aromatic rings. The van der Waals surface area contributed by atoms with Gasteiger partial charge >= 0.3 is 0 Å². The van der Waals surface area contributed by atoms with Crippen molar-refractivity contribution in [3.8, 4) is 50.4 Å². The van der Waals surface area contributed by atoms with E-state index in [9.17, 15) is 0 Å². The average molecular weight is 774 g/mol. The van der Waals surface area contributed by atoms with Gasteiger partial charge in [-0.15, -0.1) is 0 Å². The molecule has 0 aliphatic heterocycles. The van der Waals surface area contributed by atoms with Gasteiger partial charge in [0.05, 0.1) is 33.1 Å². The molecule has 0 N–H and O–H groups in total. The second kappa shape index (κ2) is 12.2. The van der Waals surface area contributed by atoms with Crippen LogP contribution in [0.15, 0.2) is 212 Å². The minimum absolute atomic E-state index is 1.15. The van der Waals surface area contributed by atoms with Crippen molar-refractivity contribution >= 4 is 76.2 Å². The number of aromatic nitrogens is 3. The van der Waals surface area contributed by atoms with Gasteiger partial charge < -0.3 is 13.7 Å². The first-order chi connectivity index (χ1) is 30.3. The number of hydrogen-bond donors (Lipinski definition) is 0. The minimum atomic E-state index is 1.15. The van der Waals surface area contributed by atoms with Gasteiger partial charge in [-0.3, -0.25) is 0 Å². The number of hydrogen-bond acceptors (Lipinski definition) is 0. The summed E-state index contributed by atoms with van der Waals surface area (Å²) in [5.74, 6) is 0. The Labute approximate surface area is 351 Å². The molecule has 0 spiro atoms. The van der Waals surface area contributed by atoms with Crippen LogP contribution in [0.5, 0.6) is 0 Å². The highest BCUT2D eigenvalue weighted by molar-refractivity contribution is 6.31. The van der Waals surface area contributed by atoms with Crippen molar-refractivity contribution in [3.05, 3.63) is 212 Å². The molecule has 3 nitrogen and oxygen atoms in total. The van der Waals surface area contributed by atoms with Crippen LogP contribution >= 0.6 is 0 Å². The Morgan fingerprint density at radius 1 is 0.230 bits per heavy atom. The molecule has 0 bridgehead atoms. The van der Waals surface area contributed by atoms with E-state index in [4.69, 9.17) is 0 Å². The highest BCUT2D eigenvalue weighted by Gasteiger charge is 2.26. The lowest BCUT2D eigenvalue weighted by Crippen LogP contribution is -1.96. The molecule has 0 amide bonds. The second-order valence-electron chi connectivity index (χ2n) is 16.5. The highest BCUT2D eigenvalue weighted by Crippen LogP contribution is 2.51. The van der Waals surface area contributed by atoms with Gasteiger partial charge in [0.2, 0.25) is 0 Å². The molecule has 0 atom stereocenters. The molecule has 14 rings (SSSR count). The van der Waals surface area contributed by atoms with E-state index in [1.165, 1.54) is 115 Å². The van der Waals surface area contributed by atoms with Crippen LogP contribution in [0.25, 0.3) is 127 Å². The Balaban J connectivity index is 0.942. The third-order valence-electron chi connectivity index (χ3n) is 13.4. The Kier molecular flexibility index (Phi) is 6.56. The highest BCUT2D eigenvalue weighted by atomic mass is 15.0. The summed E-state index contributed by atoms with van der Waals surface area (Å²) < 4.78 is 7.29. The van der Waals surface area contributed by atoms with Crippen LogP contribution in [-0.4, -0.2) is 13.7 Å². The first-order valence-electron chi connectivity index (χ1n) is 21.1. The van der Waals surface area contributed by atoms with Crippen LogP contribution in [0.1, 0.15) is 0 Å². The zero-order valence-corrected chi connectivity index (χ0v) is 33.0. The zero-order chi connectivity index (χ0) is 39.8. The van der Waals surface area contributed by atoms with Crippen molar-refractivity contribution in [2.75, 3.05) is 0 Å². The van der Waals surface area contributed by atoms with Gasteiger partial charge in [0.15, 0.2) is 0 Å². The molecule has 61 heavy (non-hydrogen) atoms. The predicted octanol–water partition coefficient (Wildman–Crippen LogP) is 15.4. The van der Waals surface area contributed by atoms with Crippen molar-refractivity contribution in [2.45, 2.75) is 0 Å². The summed E-state index contributed by atoms with van der Waals surface area (Å²) >= 11 is 0. The molecule has 0 unspecified atom stereocenters. The van der Waals surface area contributed by atoms with E-state index >= 15 is 0 Å². The summed E-state index contributed by atoms with van der Waals surface area (Å²) in [5, 5.41) is 10.3. The van der Waals surface area contributed by atoms with E-state index in [1.807, 2.05) is 0 Å². The van der Waals surface area contributed by atoms with Gasteiger partial charge in [-0.25, -0.2) is 0 Å². The Morgan fingerprint density at radius 2 is 0.689 bits per heavy atom. The monoisotopic (exact) mass is 773 g/mol. The van der Waals surface area contributed by atoms with Crippen LogP contribution in [0.4, 0.5) is 0 Å². The first kappa shape index (κ1) is 32.8. The molecular formula is C58H35N3. The third kappa shape index (κ3) is 4.47. The fourth-order valence-corrected chi connectivity index (χ4v) is 10.8. The van der Waals surface area contributed by atoms with Crippen LogP contribution in [-0.2, 0) is 0 Å². The molecule has 0 fully saturated rings. The van der Waals surface area contributed by atoms with Gasteiger partial charge in [-0.2, -0.15) is 0 Å². The number of benzene rings is 10. The van der Waals surface area contributed by atoms with Crippen molar-refractivity contribution in [3.63, 3.8) is 0 Å². The molecular weight excluding hydrogens is 739 g/mol. The number of nitrogens with zero attached hydrogens (tertiary/aromatic N) is 3. The van der Waals surface area contributed by atoms with Crippen molar-refractivity contribution in [1.82, 2.24) is 13.7 Å². The topological polar surface area (TPSA) is 14.8 Å². The maximum atomic E-state index is 2.48. The fraction of sp³-hybridized carbons (Fsp3) is 0. The van der Waals surface area contributed by atoms with Crippen LogP contribution in [0, 0.1) is 0 Å². The Hall–Kier alpha value is -8.14. The summed E-state index contributed by atoms with van der Waals surface area (Å²) in [4.78, 5) is 0. The molecule has 0 radical (unpaired) electrons. The first-order valence-corrected chi connectivity index (χ1v) is 21.1. The van der Waals surface area contributed by atoms with E-state index in [0.717, 1.165) is 11.4 Å². The summed E-state index contributed by atoms with van der Waals surface area (Å²) in [6.07, 6.45) is 0. The van der Waals surface area contributed by atoms with Gasteiger partial charge in [-0.1, -0.05) is 133 Å². The van der Waals surface area contributed by atoms with E-state index in [2.05, 4.69) is 226 Å². The zero-order valence-electron chi connectivity index (χ0n) is 33.0. The van der Waals surface area contributed by atoms with E-state index in [1.54, 1.807) is 0 Å². The Bertz CT molecular complexity index is 3900. The molecule has 1 aliphatic rings. The van der Waals surface area contributed by atoms with Crippen LogP contribution < -0.4 is 0 Å². The lowest BCUT2D eigenvalue weighted by Gasteiger charge is -2.15. The van der Waals surface area contributed by atoms with E-state index < -0.39 is 0 Å². The SMILES string of the molecule is c1ccc(-n2c3ccccc3c3cc4c(cc32)-c2cccc3c2c2c5c-4cccc5ccc2n3-c2ccc(-c3ccc(-n4c5ccccc5c5ccccc54)cc3)cc2)cc1. The fourth-order valence-electron chi connectivity index (χ4n) is 10.8. The van der Waals surface area contributed by atoms with Crippen molar-refractivity contribution in [2.24, 2.45) is 0 Å². The smallest absolute Gasteiger partial charge is 0.0547 e. The molecule has 3 heterocycles. The quantitative estimate of drug-likeness (QED) is 0.169. The third-order valence-corrected chi connectivity index (χ3v) is 13.4. The van der Waals surface area contributed by atoms with Gasteiger partial charge in [0.25, 0.3) is 0 Å². The summed E-state index contributed by atoms with van der Waals surface area (Å²) in [6.45, 7) is 0. The molecule has 10 aromatic carbocycles. The average Bonchev–Trinajstić information content (AvgIpc) is 3.94. The molecule has 282 valence electrons. The van der Waals surface area contributed by atoms with Gasteiger partial charge in [0.1, 0.15) is 0 Å². The normalized spacial score (nSPS) is 12.3. The largest absolute Gasteiger partial charge is 0.309 e. The van der Waals surface area contributed by atoms with Crippen molar-refractivity contribution in [1.29, 1.82) is 0 Å². The lowest BCUT2D eigenvalue weighted by atomic mass is 9.91. The molecule has 0 saturated heterocycles.